The number of nitrogens with zero attached hydrogens (tertiary/aromatic N) is 3. The standard InChI is InChI=1S/C13H16N6O2/c1-19(2)13(21)15-8-10-7-9(3-5-14-10)12(20)17-11-4-6-16-18-11/h3-7H,8H2,1-2H3,(H,15,21)(H2,16,17,18,20). The SMILES string of the molecule is CN(C)C(=O)NCc1cc(C(=O)Nc2ccn[nH]2)ccn1. The van der Waals surface area contributed by atoms with E-state index in [1.54, 1.807) is 38.5 Å². The fourth-order valence-corrected chi connectivity index (χ4v) is 1.56. The Hall–Kier alpha value is -2.90. The second-order valence-electron chi connectivity index (χ2n) is 4.51. The van der Waals surface area contributed by atoms with Gasteiger partial charge in [-0.25, -0.2) is 4.79 Å². The first kappa shape index (κ1) is 14.5. The van der Waals surface area contributed by atoms with Crippen LogP contribution in [0.3, 0.4) is 0 Å². The molecule has 0 spiro atoms. The van der Waals surface area contributed by atoms with Gasteiger partial charge in [0.05, 0.1) is 18.4 Å². The van der Waals surface area contributed by atoms with Crippen LogP contribution in [0.5, 0.6) is 0 Å². The van der Waals surface area contributed by atoms with Crippen LogP contribution < -0.4 is 10.6 Å². The molecule has 0 radical (unpaired) electrons. The highest BCUT2D eigenvalue weighted by Gasteiger charge is 2.09. The lowest BCUT2D eigenvalue weighted by Gasteiger charge is -2.11. The molecule has 0 saturated heterocycles. The molecule has 2 aromatic rings. The monoisotopic (exact) mass is 288 g/mol. The molecule has 21 heavy (non-hydrogen) atoms. The van der Waals surface area contributed by atoms with E-state index in [0.717, 1.165) is 0 Å². The van der Waals surface area contributed by atoms with Gasteiger partial charge >= 0.3 is 6.03 Å². The molecule has 8 heteroatoms. The fourth-order valence-electron chi connectivity index (χ4n) is 1.56. The molecule has 2 rings (SSSR count). The smallest absolute Gasteiger partial charge is 0.317 e. The fraction of sp³-hybridized carbons (Fsp3) is 0.231. The summed E-state index contributed by atoms with van der Waals surface area (Å²) in [4.78, 5) is 29.0. The summed E-state index contributed by atoms with van der Waals surface area (Å²) in [7, 11) is 3.30. The van der Waals surface area contributed by atoms with Crippen LogP contribution in [0.2, 0.25) is 0 Å². The summed E-state index contributed by atoms with van der Waals surface area (Å²) in [5.41, 5.74) is 1.05. The van der Waals surface area contributed by atoms with Gasteiger partial charge in [0.1, 0.15) is 5.82 Å². The van der Waals surface area contributed by atoms with Gasteiger partial charge in [0.25, 0.3) is 5.91 Å². The van der Waals surface area contributed by atoms with Gasteiger partial charge < -0.3 is 15.5 Å². The van der Waals surface area contributed by atoms with E-state index >= 15 is 0 Å². The van der Waals surface area contributed by atoms with Gasteiger partial charge in [-0.1, -0.05) is 0 Å². The molecule has 2 aromatic heterocycles. The molecule has 0 bridgehead atoms. The lowest BCUT2D eigenvalue weighted by molar-refractivity contribution is 0.102. The molecule has 0 aliphatic rings. The summed E-state index contributed by atoms with van der Waals surface area (Å²) >= 11 is 0. The minimum atomic E-state index is -0.276. The summed E-state index contributed by atoms with van der Waals surface area (Å²) in [6.07, 6.45) is 3.07. The van der Waals surface area contributed by atoms with E-state index in [4.69, 9.17) is 0 Å². The third kappa shape index (κ3) is 4.03. The number of rotatable bonds is 4. The number of aromatic amines is 1. The van der Waals surface area contributed by atoms with Crippen LogP contribution in [0.4, 0.5) is 10.6 Å². The second kappa shape index (κ2) is 6.51. The zero-order chi connectivity index (χ0) is 15.2. The van der Waals surface area contributed by atoms with Crippen LogP contribution in [0.25, 0.3) is 0 Å². The average molecular weight is 288 g/mol. The van der Waals surface area contributed by atoms with Gasteiger partial charge in [-0.2, -0.15) is 5.10 Å². The molecule has 110 valence electrons. The summed E-state index contributed by atoms with van der Waals surface area (Å²) in [6.45, 7) is 0.252. The van der Waals surface area contributed by atoms with E-state index in [1.165, 1.54) is 11.1 Å². The highest BCUT2D eigenvalue weighted by Crippen LogP contribution is 2.06. The number of hydrogen-bond acceptors (Lipinski definition) is 4. The number of amides is 3. The number of pyridine rings is 1. The number of nitrogens with one attached hydrogen (secondary N) is 3. The first-order valence-corrected chi connectivity index (χ1v) is 6.27. The Kier molecular flexibility index (Phi) is 4.50. The van der Waals surface area contributed by atoms with Gasteiger partial charge in [-0.15, -0.1) is 0 Å². The summed E-state index contributed by atoms with van der Waals surface area (Å²) in [5.74, 6) is 0.237. The molecule has 0 unspecified atom stereocenters. The van der Waals surface area contributed by atoms with Crippen molar-refractivity contribution < 1.29 is 9.59 Å². The van der Waals surface area contributed by atoms with E-state index < -0.39 is 0 Å². The third-order valence-electron chi connectivity index (χ3n) is 2.65. The number of carbonyl (C=O) groups is 2. The van der Waals surface area contributed by atoms with E-state index in [9.17, 15) is 9.59 Å². The maximum Gasteiger partial charge on any atom is 0.317 e. The number of anilines is 1. The number of hydrogen-bond donors (Lipinski definition) is 3. The normalized spacial score (nSPS) is 10.0. The molecule has 0 atom stereocenters. The van der Waals surface area contributed by atoms with Gasteiger partial charge in [0.15, 0.2) is 0 Å². The minimum Gasteiger partial charge on any atom is -0.332 e. The summed E-state index contributed by atoms with van der Waals surface area (Å²) < 4.78 is 0. The van der Waals surface area contributed by atoms with E-state index in [2.05, 4.69) is 25.8 Å². The molecular weight excluding hydrogens is 272 g/mol. The predicted molar refractivity (Wildman–Crippen MR) is 76.7 cm³/mol. The Morgan fingerprint density at radius 1 is 1.29 bits per heavy atom. The maximum absolute atomic E-state index is 12.0. The maximum atomic E-state index is 12.0. The molecule has 3 N–H and O–H groups in total. The Bertz CT molecular complexity index is 623. The zero-order valence-electron chi connectivity index (χ0n) is 11.8. The average Bonchev–Trinajstić information content (AvgIpc) is 2.97. The topological polar surface area (TPSA) is 103 Å². The van der Waals surface area contributed by atoms with Gasteiger partial charge in [-0.3, -0.25) is 14.9 Å². The molecule has 2 heterocycles. The summed E-state index contributed by atoms with van der Waals surface area (Å²) in [5, 5.41) is 11.7. The Morgan fingerprint density at radius 3 is 2.76 bits per heavy atom. The first-order valence-electron chi connectivity index (χ1n) is 6.27. The van der Waals surface area contributed by atoms with Crippen molar-refractivity contribution in [3.63, 3.8) is 0 Å². The van der Waals surface area contributed by atoms with Crippen molar-refractivity contribution in [3.05, 3.63) is 41.9 Å². The lowest BCUT2D eigenvalue weighted by Crippen LogP contribution is -2.34. The van der Waals surface area contributed by atoms with Crippen LogP contribution in [0.15, 0.2) is 30.6 Å². The van der Waals surface area contributed by atoms with Crippen molar-refractivity contribution in [2.24, 2.45) is 0 Å². The van der Waals surface area contributed by atoms with Crippen molar-refractivity contribution in [3.8, 4) is 0 Å². The van der Waals surface area contributed by atoms with Crippen LogP contribution >= 0.6 is 0 Å². The van der Waals surface area contributed by atoms with Gasteiger partial charge in [-0.05, 0) is 12.1 Å². The molecule has 0 fully saturated rings. The molecule has 0 aromatic carbocycles. The molecule has 8 nitrogen and oxygen atoms in total. The number of aromatic nitrogens is 3. The van der Waals surface area contributed by atoms with E-state index in [1.807, 2.05) is 0 Å². The van der Waals surface area contributed by atoms with Gasteiger partial charge in [0, 0.05) is 31.9 Å². The third-order valence-corrected chi connectivity index (χ3v) is 2.65. The van der Waals surface area contributed by atoms with E-state index in [-0.39, 0.29) is 18.5 Å². The van der Waals surface area contributed by atoms with E-state index in [0.29, 0.717) is 17.1 Å². The van der Waals surface area contributed by atoms with Crippen LogP contribution in [0, 0.1) is 0 Å². The molecule has 0 saturated carbocycles. The molecular formula is C13H16N6O2. The van der Waals surface area contributed by atoms with Gasteiger partial charge in [0.2, 0.25) is 0 Å². The van der Waals surface area contributed by atoms with Crippen molar-refractivity contribution in [1.82, 2.24) is 25.4 Å². The number of H-pyrrole nitrogens is 1. The van der Waals surface area contributed by atoms with Crippen LogP contribution in [0.1, 0.15) is 16.1 Å². The Balaban J connectivity index is 2.00. The second-order valence-corrected chi connectivity index (χ2v) is 4.51. The molecule has 0 aliphatic heterocycles. The highest BCUT2D eigenvalue weighted by molar-refractivity contribution is 6.03. The van der Waals surface area contributed by atoms with Crippen LogP contribution in [-0.4, -0.2) is 46.1 Å². The number of carbonyl (C=O) groups excluding carboxylic acids is 2. The Morgan fingerprint density at radius 2 is 2.10 bits per heavy atom. The van der Waals surface area contributed by atoms with Crippen molar-refractivity contribution >= 4 is 17.8 Å². The molecule has 3 amide bonds. The lowest BCUT2D eigenvalue weighted by atomic mass is 10.2. The zero-order valence-corrected chi connectivity index (χ0v) is 11.8. The predicted octanol–water partition coefficient (Wildman–Crippen LogP) is 0.828. The Labute approximate surface area is 121 Å². The summed E-state index contributed by atoms with van der Waals surface area (Å²) in [6, 6.07) is 4.66. The first-order chi connectivity index (χ1) is 10.1. The van der Waals surface area contributed by atoms with Crippen LogP contribution in [-0.2, 0) is 6.54 Å². The highest BCUT2D eigenvalue weighted by atomic mass is 16.2. The largest absolute Gasteiger partial charge is 0.332 e. The van der Waals surface area contributed by atoms with Crippen molar-refractivity contribution in [2.45, 2.75) is 6.54 Å². The minimum absolute atomic E-state index is 0.218. The van der Waals surface area contributed by atoms with Crippen molar-refractivity contribution in [2.75, 3.05) is 19.4 Å². The number of urea groups is 1. The van der Waals surface area contributed by atoms with Crippen molar-refractivity contribution in [1.29, 1.82) is 0 Å². The quantitative estimate of drug-likeness (QED) is 0.775. The molecule has 0 aliphatic carbocycles.